The van der Waals surface area contributed by atoms with Gasteiger partial charge in [0.05, 0.1) is 12.6 Å². The Morgan fingerprint density at radius 1 is 1.53 bits per heavy atom. The Morgan fingerprint density at radius 3 is 2.95 bits per heavy atom. The van der Waals surface area contributed by atoms with Crippen LogP contribution in [-0.4, -0.2) is 27.6 Å². The number of nitrogens with zero attached hydrogens (tertiary/aromatic N) is 3. The first kappa shape index (κ1) is 13.2. The summed E-state index contributed by atoms with van der Waals surface area (Å²) >= 11 is 1.50. The molecule has 2 aliphatic rings. The van der Waals surface area contributed by atoms with Crippen LogP contribution in [0.1, 0.15) is 24.1 Å². The van der Waals surface area contributed by atoms with Crippen molar-refractivity contribution in [1.82, 2.24) is 10.2 Å². The van der Waals surface area contributed by atoms with E-state index in [-0.39, 0.29) is 22.6 Å². The molecule has 1 aromatic rings. The van der Waals surface area contributed by atoms with Gasteiger partial charge in [-0.2, -0.15) is 3.89 Å². The summed E-state index contributed by atoms with van der Waals surface area (Å²) < 4.78 is 17.9. The van der Waals surface area contributed by atoms with Crippen LogP contribution in [-0.2, 0) is 10.3 Å². The second-order valence-electron chi connectivity index (χ2n) is 4.14. The van der Waals surface area contributed by atoms with Gasteiger partial charge in [-0.3, -0.25) is 10.4 Å². The maximum atomic E-state index is 12.3. The van der Waals surface area contributed by atoms with Crippen LogP contribution in [0.25, 0.3) is 0 Å². The van der Waals surface area contributed by atoms with E-state index in [0.717, 1.165) is 34.2 Å². The van der Waals surface area contributed by atoms with Crippen LogP contribution in [0.3, 0.4) is 0 Å². The van der Waals surface area contributed by atoms with Crippen molar-refractivity contribution in [2.24, 2.45) is 4.99 Å². The monoisotopic (exact) mass is 316 g/mol. The average molecular weight is 316 g/mol. The lowest BCUT2D eigenvalue weighted by Gasteiger charge is -2.20. The van der Waals surface area contributed by atoms with Crippen molar-refractivity contribution < 1.29 is 8.62 Å². The second kappa shape index (κ2) is 4.95. The van der Waals surface area contributed by atoms with E-state index in [1.165, 1.54) is 18.9 Å². The van der Waals surface area contributed by atoms with Crippen molar-refractivity contribution in [2.45, 2.75) is 23.4 Å². The van der Waals surface area contributed by atoms with Crippen molar-refractivity contribution in [1.29, 1.82) is 5.41 Å². The van der Waals surface area contributed by atoms with E-state index in [2.05, 4.69) is 15.2 Å². The molecular weight excluding hydrogens is 307 g/mol. The number of thioether (sulfide) groups is 1. The minimum absolute atomic E-state index is 0.0143. The summed E-state index contributed by atoms with van der Waals surface area (Å²) in [5.74, 6) is -0.0143. The number of nitrogens with one attached hydrogen (secondary N) is 1. The van der Waals surface area contributed by atoms with Crippen LogP contribution in [0.5, 0.6) is 0 Å². The molecule has 1 saturated carbocycles. The fourth-order valence-electron chi connectivity index (χ4n) is 1.91. The molecule has 1 aliphatic carbocycles. The lowest BCUT2D eigenvalue weighted by Crippen LogP contribution is -2.16. The molecule has 0 unspecified atom stereocenters. The normalized spacial score (nSPS) is 18.7. The van der Waals surface area contributed by atoms with Gasteiger partial charge in [0.25, 0.3) is 0 Å². The summed E-state index contributed by atoms with van der Waals surface area (Å²) in [6.45, 7) is 0. The first-order valence-corrected chi connectivity index (χ1v) is 8.29. The molecule has 0 atom stereocenters. The van der Waals surface area contributed by atoms with E-state index in [0.29, 0.717) is 10.1 Å². The number of hydrogen-bond acceptors (Lipinski definition) is 8. The number of aromatic nitrogens is 2. The number of rotatable bonds is 2. The van der Waals surface area contributed by atoms with Crippen molar-refractivity contribution in [2.75, 3.05) is 7.11 Å². The van der Waals surface area contributed by atoms with Crippen LogP contribution < -0.4 is 0 Å². The zero-order chi connectivity index (χ0) is 13.5. The van der Waals surface area contributed by atoms with E-state index in [9.17, 15) is 3.89 Å². The lowest BCUT2D eigenvalue weighted by atomic mass is 10.1. The number of hydrogen-bond donors (Lipinski definition) is 1. The Hall–Kier alpha value is -0.800. The summed E-state index contributed by atoms with van der Waals surface area (Å²) in [4.78, 5) is 4.59. The average Bonchev–Trinajstić information content (AvgIpc) is 3.18. The standard InChI is InChI=1S/C10H9FN4OS3/c1-16-7(12)6-4-5-8(15-14-6)17-9(18-19-11)13-10(5)2-3-10/h4,12H,2-3H2,1H3. The predicted molar refractivity (Wildman–Crippen MR) is 76.4 cm³/mol. The first-order valence-electron chi connectivity index (χ1n) is 5.42. The molecule has 9 heteroatoms. The molecule has 2 heterocycles. The number of ether oxygens (including phenoxy) is 1. The number of aliphatic imine (C=N–C) groups is 1. The molecule has 0 bridgehead atoms. The minimum Gasteiger partial charge on any atom is -0.480 e. The molecule has 1 aromatic heterocycles. The smallest absolute Gasteiger partial charge is 0.234 e. The molecular formula is C10H9FN4OS3. The Kier molecular flexibility index (Phi) is 3.44. The summed E-state index contributed by atoms with van der Waals surface area (Å²) in [7, 11) is 2.43. The second-order valence-corrected chi connectivity index (χ2v) is 6.93. The van der Waals surface area contributed by atoms with Gasteiger partial charge in [0.2, 0.25) is 5.90 Å². The zero-order valence-electron chi connectivity index (χ0n) is 9.84. The van der Waals surface area contributed by atoms with Gasteiger partial charge in [0, 0.05) is 16.4 Å². The van der Waals surface area contributed by atoms with E-state index in [1.807, 2.05) is 6.07 Å². The Balaban J connectivity index is 1.99. The van der Waals surface area contributed by atoms with Crippen molar-refractivity contribution in [3.05, 3.63) is 17.3 Å². The molecule has 1 aliphatic heterocycles. The lowest BCUT2D eigenvalue weighted by molar-refractivity contribution is 0.398. The number of fused-ring (bicyclic) bond motifs is 2. The van der Waals surface area contributed by atoms with Crippen molar-refractivity contribution in [3.63, 3.8) is 0 Å². The summed E-state index contributed by atoms with van der Waals surface area (Å²) in [6, 6.07) is 1.81. The topological polar surface area (TPSA) is 71.2 Å². The summed E-state index contributed by atoms with van der Waals surface area (Å²) in [6.07, 6.45) is 1.85. The molecule has 1 N–H and O–H groups in total. The van der Waals surface area contributed by atoms with E-state index >= 15 is 0 Å². The van der Waals surface area contributed by atoms with Crippen LogP contribution in [0.2, 0.25) is 0 Å². The summed E-state index contributed by atoms with van der Waals surface area (Å²) in [5, 5.41) is 16.5. The van der Waals surface area contributed by atoms with Gasteiger partial charge >= 0.3 is 0 Å². The molecule has 0 saturated heterocycles. The van der Waals surface area contributed by atoms with Crippen LogP contribution in [0.15, 0.2) is 16.1 Å². The molecule has 0 amide bonds. The van der Waals surface area contributed by atoms with Gasteiger partial charge in [-0.05, 0) is 30.7 Å². The van der Waals surface area contributed by atoms with Gasteiger partial charge in [0.15, 0.2) is 0 Å². The first-order chi connectivity index (χ1) is 9.18. The number of methoxy groups -OCH3 is 1. The Morgan fingerprint density at radius 2 is 2.32 bits per heavy atom. The highest BCUT2D eigenvalue weighted by atomic mass is 33.1. The molecule has 0 aromatic carbocycles. The van der Waals surface area contributed by atoms with E-state index in [4.69, 9.17) is 10.1 Å². The highest BCUT2D eigenvalue weighted by Gasteiger charge is 2.49. The number of halogens is 1. The van der Waals surface area contributed by atoms with E-state index in [1.54, 1.807) is 0 Å². The molecule has 100 valence electrons. The highest BCUT2D eigenvalue weighted by molar-refractivity contribution is 8.84. The van der Waals surface area contributed by atoms with Crippen LogP contribution in [0, 0.1) is 5.41 Å². The largest absolute Gasteiger partial charge is 0.480 e. The third-order valence-electron chi connectivity index (χ3n) is 3.01. The zero-order valence-corrected chi connectivity index (χ0v) is 12.3. The van der Waals surface area contributed by atoms with Crippen LogP contribution in [0.4, 0.5) is 3.89 Å². The molecule has 1 fully saturated rings. The SMILES string of the molecule is COC(=N)c1cc2c(nn1)SC(SSF)=NC21CC1. The molecule has 1 spiro atoms. The maximum Gasteiger partial charge on any atom is 0.234 e. The Bertz CT molecular complexity index is 576. The van der Waals surface area contributed by atoms with Crippen LogP contribution >= 0.6 is 33.7 Å². The summed E-state index contributed by atoms with van der Waals surface area (Å²) in [5.41, 5.74) is 1.09. The van der Waals surface area contributed by atoms with Gasteiger partial charge in [-0.1, -0.05) is 0 Å². The fraction of sp³-hybridized carbons (Fsp3) is 0.400. The van der Waals surface area contributed by atoms with E-state index < -0.39 is 0 Å². The third-order valence-corrected chi connectivity index (χ3v) is 5.55. The molecule has 19 heavy (non-hydrogen) atoms. The highest BCUT2D eigenvalue weighted by Crippen LogP contribution is 2.56. The van der Waals surface area contributed by atoms with Crippen molar-refractivity contribution in [3.8, 4) is 0 Å². The quantitative estimate of drug-likeness (QED) is 0.513. The predicted octanol–water partition coefficient (Wildman–Crippen LogP) is 3.17. The van der Waals surface area contributed by atoms with Crippen molar-refractivity contribution >= 4 is 44.0 Å². The van der Waals surface area contributed by atoms with Gasteiger partial charge in [0.1, 0.15) is 26.3 Å². The maximum absolute atomic E-state index is 12.3. The molecule has 3 rings (SSSR count). The third kappa shape index (κ3) is 2.34. The van der Waals surface area contributed by atoms with Gasteiger partial charge in [-0.15, -0.1) is 10.2 Å². The van der Waals surface area contributed by atoms with Gasteiger partial charge in [-0.25, -0.2) is 0 Å². The molecule has 0 radical (unpaired) electrons. The van der Waals surface area contributed by atoms with Gasteiger partial charge < -0.3 is 4.74 Å². The Labute approximate surface area is 121 Å². The fourth-order valence-corrected chi connectivity index (χ4v) is 4.18. The minimum atomic E-state index is -0.280. The molecule has 5 nitrogen and oxygen atoms in total.